The van der Waals surface area contributed by atoms with Gasteiger partial charge in [-0.25, -0.2) is 0 Å². The lowest BCUT2D eigenvalue weighted by Crippen LogP contribution is -1.96. The van der Waals surface area contributed by atoms with Crippen LogP contribution in [0.25, 0.3) is 0 Å². The summed E-state index contributed by atoms with van der Waals surface area (Å²) < 4.78 is 0. The first-order valence-electron chi connectivity index (χ1n) is 3.34. The molecule has 0 aliphatic heterocycles. The van der Waals surface area contributed by atoms with Crippen molar-refractivity contribution in [2.24, 2.45) is 0 Å². The zero-order valence-corrected chi connectivity index (χ0v) is 9.52. The summed E-state index contributed by atoms with van der Waals surface area (Å²) in [7, 11) is 0. The van der Waals surface area contributed by atoms with Gasteiger partial charge in [0, 0.05) is 0 Å². The number of halogens is 4. The van der Waals surface area contributed by atoms with Crippen LogP contribution in [0.1, 0.15) is 0 Å². The van der Waals surface area contributed by atoms with Crippen molar-refractivity contribution in [1.82, 2.24) is 0 Å². The Balaban J connectivity index is 0.000000226. The topological polar surface area (TPSA) is 20.2 Å². The van der Waals surface area contributed by atoms with E-state index in [1.807, 2.05) is 6.07 Å². The highest BCUT2D eigenvalue weighted by Crippen LogP contribution is 2.16. The molecule has 1 N–H and O–H groups in total. The van der Waals surface area contributed by atoms with Crippen LogP contribution in [-0.2, 0) is 0 Å². The lowest BCUT2D eigenvalue weighted by molar-refractivity contribution is 0.475. The second-order valence-corrected chi connectivity index (χ2v) is 4.33. The fourth-order valence-electron chi connectivity index (χ4n) is 0.428. The molecule has 0 saturated heterocycles. The Morgan fingerprint density at radius 3 is 1.38 bits per heavy atom. The highest BCUT2D eigenvalue weighted by atomic mass is 35.5. The SMILES string of the molecule is ClC(Cl)C(Cl)Cl.Oc1ccccc1. The molecule has 1 nitrogen and oxygen atoms in total. The quantitative estimate of drug-likeness (QED) is 0.758. The molecule has 1 rings (SSSR count). The summed E-state index contributed by atoms with van der Waals surface area (Å²) in [5.74, 6) is 0.322. The molecule has 0 spiro atoms. The maximum Gasteiger partial charge on any atom is 0.137 e. The van der Waals surface area contributed by atoms with E-state index in [1.54, 1.807) is 24.3 Å². The van der Waals surface area contributed by atoms with Crippen LogP contribution >= 0.6 is 46.4 Å². The second-order valence-electron chi connectivity index (χ2n) is 2.00. The van der Waals surface area contributed by atoms with Crippen LogP contribution in [0.15, 0.2) is 30.3 Å². The van der Waals surface area contributed by atoms with Gasteiger partial charge in [0.1, 0.15) is 15.4 Å². The van der Waals surface area contributed by atoms with Gasteiger partial charge < -0.3 is 5.11 Å². The summed E-state index contributed by atoms with van der Waals surface area (Å²) in [6.45, 7) is 0. The van der Waals surface area contributed by atoms with E-state index in [2.05, 4.69) is 0 Å². The van der Waals surface area contributed by atoms with Gasteiger partial charge in [0.2, 0.25) is 0 Å². The summed E-state index contributed by atoms with van der Waals surface area (Å²) in [6, 6.07) is 8.71. The normalized spacial score (nSPS) is 9.69. The summed E-state index contributed by atoms with van der Waals surface area (Å²) in [5, 5.41) is 8.63. The molecule has 0 saturated carbocycles. The first kappa shape index (κ1) is 13.2. The number of hydrogen-bond donors (Lipinski definition) is 1. The smallest absolute Gasteiger partial charge is 0.137 e. The maximum absolute atomic E-state index is 8.63. The molecule has 0 fully saturated rings. The Morgan fingerprint density at radius 1 is 0.846 bits per heavy atom. The van der Waals surface area contributed by atoms with Gasteiger partial charge in [0.25, 0.3) is 0 Å². The van der Waals surface area contributed by atoms with Gasteiger partial charge in [-0.15, -0.1) is 46.4 Å². The summed E-state index contributed by atoms with van der Waals surface area (Å²) in [6.07, 6.45) is 0. The fraction of sp³-hybridized carbons (Fsp3) is 0.250. The molecule has 0 aromatic heterocycles. The number of benzene rings is 1. The van der Waals surface area contributed by atoms with E-state index >= 15 is 0 Å². The van der Waals surface area contributed by atoms with Crippen molar-refractivity contribution in [3.8, 4) is 5.75 Å². The third kappa shape index (κ3) is 8.51. The lowest BCUT2D eigenvalue weighted by atomic mass is 10.3. The van der Waals surface area contributed by atoms with E-state index in [1.165, 1.54) is 0 Å². The molecule has 1 aromatic rings. The molecule has 0 heterocycles. The van der Waals surface area contributed by atoms with E-state index in [0.717, 1.165) is 0 Å². The Morgan fingerprint density at radius 2 is 1.23 bits per heavy atom. The highest BCUT2D eigenvalue weighted by molar-refractivity contribution is 6.56. The first-order valence-corrected chi connectivity index (χ1v) is 5.09. The Bertz CT molecular complexity index is 207. The van der Waals surface area contributed by atoms with Gasteiger partial charge in [-0.2, -0.15) is 0 Å². The predicted octanol–water partition coefficient (Wildman–Crippen LogP) is 3.99. The molecule has 5 heteroatoms. The summed E-state index contributed by atoms with van der Waals surface area (Å²) in [4.78, 5) is -1.35. The molecule has 0 aliphatic carbocycles. The molecule has 0 bridgehead atoms. The lowest BCUT2D eigenvalue weighted by Gasteiger charge is -1.95. The van der Waals surface area contributed by atoms with Crippen LogP contribution in [0.5, 0.6) is 5.75 Å². The van der Waals surface area contributed by atoms with Gasteiger partial charge in [-0.05, 0) is 12.1 Å². The zero-order valence-electron chi connectivity index (χ0n) is 6.50. The van der Waals surface area contributed by atoms with Crippen molar-refractivity contribution in [2.45, 2.75) is 9.67 Å². The van der Waals surface area contributed by atoms with Crippen molar-refractivity contribution in [3.05, 3.63) is 30.3 Å². The highest BCUT2D eigenvalue weighted by Gasteiger charge is 2.06. The third-order valence-corrected chi connectivity index (χ3v) is 2.47. The number of phenols is 1. The minimum atomic E-state index is -0.673. The van der Waals surface area contributed by atoms with Crippen molar-refractivity contribution in [1.29, 1.82) is 0 Å². The van der Waals surface area contributed by atoms with Gasteiger partial charge in [0.05, 0.1) is 0 Å². The summed E-state index contributed by atoms with van der Waals surface area (Å²) >= 11 is 20.5. The molecule has 0 atom stereocenters. The van der Waals surface area contributed by atoms with E-state index in [9.17, 15) is 0 Å². The maximum atomic E-state index is 8.63. The predicted molar refractivity (Wildman–Crippen MR) is 59.1 cm³/mol. The van der Waals surface area contributed by atoms with E-state index in [0.29, 0.717) is 5.75 Å². The van der Waals surface area contributed by atoms with Crippen LogP contribution in [0, 0.1) is 0 Å². The standard InChI is InChI=1S/C6H6O.C2H2Cl4/c7-6-4-2-1-3-5-6;3-1(4)2(5)6/h1-5,7H;1-2H. The van der Waals surface area contributed by atoms with Gasteiger partial charge in [-0.1, -0.05) is 18.2 Å². The molecule has 0 amide bonds. The zero-order chi connectivity index (χ0) is 10.3. The minimum absolute atomic E-state index is 0.322. The third-order valence-electron chi connectivity index (χ3n) is 0.947. The molecule has 0 radical (unpaired) electrons. The average molecular weight is 262 g/mol. The Hall–Kier alpha value is 0.180. The molecule has 74 valence electrons. The van der Waals surface area contributed by atoms with Gasteiger partial charge >= 0.3 is 0 Å². The summed E-state index contributed by atoms with van der Waals surface area (Å²) in [5.41, 5.74) is 0. The largest absolute Gasteiger partial charge is 0.508 e. The number of alkyl halides is 4. The molecular formula is C8H8Cl4O. The number of aromatic hydroxyl groups is 1. The molecule has 0 unspecified atom stereocenters. The van der Waals surface area contributed by atoms with E-state index in [-0.39, 0.29) is 0 Å². The van der Waals surface area contributed by atoms with Crippen molar-refractivity contribution < 1.29 is 5.11 Å². The van der Waals surface area contributed by atoms with Crippen LogP contribution in [-0.4, -0.2) is 14.8 Å². The van der Waals surface area contributed by atoms with Crippen LogP contribution < -0.4 is 0 Å². The monoisotopic (exact) mass is 260 g/mol. The van der Waals surface area contributed by atoms with E-state index < -0.39 is 9.67 Å². The number of phenolic OH excluding ortho intramolecular Hbond substituents is 1. The first-order chi connectivity index (χ1) is 6.04. The number of rotatable bonds is 1. The Kier molecular flexibility index (Phi) is 7.68. The van der Waals surface area contributed by atoms with Crippen molar-refractivity contribution in [2.75, 3.05) is 0 Å². The van der Waals surface area contributed by atoms with Crippen molar-refractivity contribution in [3.63, 3.8) is 0 Å². The van der Waals surface area contributed by atoms with Gasteiger partial charge in [-0.3, -0.25) is 0 Å². The molecular weight excluding hydrogens is 254 g/mol. The second kappa shape index (κ2) is 7.57. The minimum Gasteiger partial charge on any atom is -0.508 e. The van der Waals surface area contributed by atoms with Crippen molar-refractivity contribution >= 4 is 46.4 Å². The Labute approximate surface area is 97.2 Å². The van der Waals surface area contributed by atoms with Crippen LogP contribution in [0.3, 0.4) is 0 Å². The number of para-hydroxylation sites is 1. The molecule has 0 aliphatic rings. The van der Waals surface area contributed by atoms with Gasteiger partial charge in [0.15, 0.2) is 0 Å². The molecule has 1 aromatic carbocycles. The van der Waals surface area contributed by atoms with Crippen LogP contribution in [0.2, 0.25) is 0 Å². The molecule has 13 heavy (non-hydrogen) atoms. The van der Waals surface area contributed by atoms with Crippen LogP contribution in [0.4, 0.5) is 0 Å². The number of hydrogen-bond acceptors (Lipinski definition) is 1. The fourth-order valence-corrected chi connectivity index (χ4v) is 0.428. The van der Waals surface area contributed by atoms with E-state index in [4.69, 9.17) is 51.5 Å². The average Bonchev–Trinajstić information content (AvgIpc) is 2.06.